The Bertz CT molecular complexity index is 658. The van der Waals surface area contributed by atoms with Crippen molar-refractivity contribution < 1.29 is 9.84 Å². The summed E-state index contributed by atoms with van der Waals surface area (Å²) < 4.78 is 6.04. The molecule has 6 heteroatoms. The van der Waals surface area contributed by atoms with Crippen LogP contribution in [0.3, 0.4) is 0 Å². The summed E-state index contributed by atoms with van der Waals surface area (Å²) in [6.45, 7) is 12.0. The van der Waals surface area contributed by atoms with Crippen molar-refractivity contribution in [3.05, 3.63) is 29.8 Å². The van der Waals surface area contributed by atoms with Gasteiger partial charge in [0.25, 0.3) is 0 Å². The minimum atomic E-state index is -0.571. The lowest BCUT2D eigenvalue weighted by molar-refractivity contribution is -0.000369. The topological polar surface area (TPSA) is 42.4 Å². The quantitative estimate of drug-likeness (QED) is 0.696. The van der Waals surface area contributed by atoms with Crippen LogP contribution in [-0.2, 0) is 6.54 Å². The molecule has 168 valence electrons. The van der Waals surface area contributed by atoms with Crippen LogP contribution in [0.15, 0.2) is 24.3 Å². The van der Waals surface area contributed by atoms with Gasteiger partial charge in [-0.3, -0.25) is 14.7 Å². The number of likely N-dealkylation sites (N-methyl/N-ethyl adjacent to an activating group) is 1. The lowest BCUT2D eigenvalue weighted by Gasteiger charge is -2.36. The largest absolute Gasteiger partial charge is 0.492 e. The molecule has 0 amide bonds. The van der Waals surface area contributed by atoms with Gasteiger partial charge in [0, 0.05) is 58.9 Å². The second-order valence-corrected chi connectivity index (χ2v) is 9.66. The maximum Gasteiger partial charge on any atom is 0.119 e. The highest BCUT2D eigenvalue weighted by molar-refractivity contribution is 5.28. The molecule has 0 radical (unpaired) electrons. The third kappa shape index (κ3) is 6.41. The SMILES string of the molecule is CN1CCN(C[C@]2(O)CCN(Cc3cccc(OCCN4CCCCC4)c3)C2)CC1. The number of ether oxygens (including phenoxy) is 1. The molecule has 3 heterocycles. The van der Waals surface area contributed by atoms with Crippen LogP contribution in [0, 0.1) is 0 Å². The fourth-order valence-corrected chi connectivity index (χ4v) is 5.09. The van der Waals surface area contributed by atoms with Gasteiger partial charge in [0.2, 0.25) is 0 Å². The Balaban J connectivity index is 1.22. The molecular formula is C24H40N4O2. The Kier molecular flexibility index (Phi) is 7.65. The van der Waals surface area contributed by atoms with Crippen LogP contribution in [0.1, 0.15) is 31.2 Å². The van der Waals surface area contributed by atoms with Crippen molar-refractivity contribution in [2.75, 3.05) is 79.1 Å². The molecule has 0 unspecified atom stereocenters. The first-order chi connectivity index (χ1) is 14.6. The minimum absolute atomic E-state index is 0.571. The van der Waals surface area contributed by atoms with E-state index in [0.29, 0.717) is 0 Å². The number of likely N-dealkylation sites (tertiary alicyclic amines) is 2. The van der Waals surface area contributed by atoms with E-state index in [4.69, 9.17) is 4.74 Å². The smallest absolute Gasteiger partial charge is 0.119 e. The van der Waals surface area contributed by atoms with Crippen molar-refractivity contribution in [1.29, 1.82) is 0 Å². The normalized spacial score (nSPS) is 27.5. The van der Waals surface area contributed by atoms with Gasteiger partial charge in [0.05, 0.1) is 5.60 Å². The number of nitrogens with zero attached hydrogens (tertiary/aromatic N) is 4. The minimum Gasteiger partial charge on any atom is -0.492 e. The number of hydrogen-bond acceptors (Lipinski definition) is 6. The van der Waals surface area contributed by atoms with E-state index in [9.17, 15) is 5.11 Å². The zero-order valence-electron chi connectivity index (χ0n) is 18.8. The van der Waals surface area contributed by atoms with Crippen LogP contribution >= 0.6 is 0 Å². The Morgan fingerprint density at radius 2 is 1.73 bits per heavy atom. The zero-order valence-corrected chi connectivity index (χ0v) is 18.8. The summed E-state index contributed by atoms with van der Waals surface area (Å²) in [4.78, 5) is 9.70. The molecule has 0 spiro atoms. The fourth-order valence-electron chi connectivity index (χ4n) is 5.09. The highest BCUT2D eigenvalue weighted by Gasteiger charge is 2.37. The summed E-state index contributed by atoms with van der Waals surface area (Å²) in [6, 6.07) is 8.51. The summed E-state index contributed by atoms with van der Waals surface area (Å²) in [7, 11) is 2.18. The van der Waals surface area contributed by atoms with Crippen LogP contribution in [0.2, 0.25) is 0 Å². The first-order valence-electron chi connectivity index (χ1n) is 11.9. The molecule has 0 saturated carbocycles. The van der Waals surface area contributed by atoms with Crippen molar-refractivity contribution in [1.82, 2.24) is 19.6 Å². The Labute approximate surface area is 182 Å². The van der Waals surface area contributed by atoms with Gasteiger partial charge in [-0.25, -0.2) is 0 Å². The third-order valence-corrected chi connectivity index (χ3v) is 6.95. The van der Waals surface area contributed by atoms with Gasteiger partial charge in [-0.1, -0.05) is 18.6 Å². The van der Waals surface area contributed by atoms with Gasteiger partial charge in [0.1, 0.15) is 12.4 Å². The van der Waals surface area contributed by atoms with E-state index in [1.807, 2.05) is 0 Å². The summed E-state index contributed by atoms with van der Waals surface area (Å²) in [5.74, 6) is 0.969. The van der Waals surface area contributed by atoms with Crippen LogP contribution in [0.25, 0.3) is 0 Å². The molecule has 3 saturated heterocycles. The molecule has 1 atom stereocenters. The highest BCUT2D eigenvalue weighted by atomic mass is 16.5. The number of aliphatic hydroxyl groups is 1. The van der Waals surface area contributed by atoms with Gasteiger partial charge < -0.3 is 14.7 Å². The lowest BCUT2D eigenvalue weighted by atomic mass is 10.0. The van der Waals surface area contributed by atoms with E-state index in [-0.39, 0.29) is 0 Å². The van der Waals surface area contributed by atoms with Crippen molar-refractivity contribution in [2.24, 2.45) is 0 Å². The zero-order chi connectivity index (χ0) is 20.8. The molecule has 1 N–H and O–H groups in total. The predicted molar refractivity (Wildman–Crippen MR) is 121 cm³/mol. The van der Waals surface area contributed by atoms with E-state index in [2.05, 4.69) is 50.9 Å². The molecule has 30 heavy (non-hydrogen) atoms. The average molecular weight is 417 g/mol. The van der Waals surface area contributed by atoms with E-state index < -0.39 is 5.60 Å². The van der Waals surface area contributed by atoms with E-state index in [0.717, 1.165) is 77.7 Å². The first-order valence-corrected chi connectivity index (χ1v) is 11.9. The molecule has 0 bridgehead atoms. The van der Waals surface area contributed by atoms with Crippen molar-refractivity contribution in [3.8, 4) is 5.75 Å². The number of piperidine rings is 1. The molecule has 6 nitrogen and oxygen atoms in total. The van der Waals surface area contributed by atoms with Gasteiger partial charge >= 0.3 is 0 Å². The van der Waals surface area contributed by atoms with Crippen LogP contribution in [-0.4, -0.2) is 109 Å². The molecule has 1 aromatic rings. The lowest BCUT2D eigenvalue weighted by Crippen LogP contribution is -2.51. The Morgan fingerprint density at radius 1 is 0.933 bits per heavy atom. The number of hydrogen-bond donors (Lipinski definition) is 1. The molecule has 3 fully saturated rings. The van der Waals surface area contributed by atoms with Crippen LogP contribution in [0.5, 0.6) is 5.75 Å². The Morgan fingerprint density at radius 3 is 2.53 bits per heavy atom. The number of β-amino-alcohol motifs (C(OH)–C–C–N with tert-alkyl or cyclic N) is 1. The number of benzene rings is 1. The highest BCUT2D eigenvalue weighted by Crippen LogP contribution is 2.25. The van der Waals surface area contributed by atoms with E-state index in [1.165, 1.54) is 37.9 Å². The third-order valence-electron chi connectivity index (χ3n) is 6.95. The monoisotopic (exact) mass is 416 g/mol. The molecule has 0 aliphatic carbocycles. The van der Waals surface area contributed by atoms with Crippen LogP contribution in [0.4, 0.5) is 0 Å². The maximum atomic E-state index is 11.1. The van der Waals surface area contributed by atoms with Crippen molar-refractivity contribution in [3.63, 3.8) is 0 Å². The van der Waals surface area contributed by atoms with E-state index >= 15 is 0 Å². The molecule has 3 aliphatic rings. The first kappa shape index (κ1) is 22.0. The fraction of sp³-hybridized carbons (Fsp3) is 0.750. The molecule has 0 aromatic heterocycles. The molecular weight excluding hydrogens is 376 g/mol. The van der Waals surface area contributed by atoms with Gasteiger partial charge in [-0.15, -0.1) is 0 Å². The van der Waals surface area contributed by atoms with E-state index in [1.54, 1.807) is 0 Å². The Hall–Kier alpha value is -1.18. The predicted octanol–water partition coefficient (Wildman–Crippen LogP) is 1.74. The number of rotatable bonds is 8. The van der Waals surface area contributed by atoms with Crippen molar-refractivity contribution >= 4 is 0 Å². The average Bonchev–Trinajstić information content (AvgIpc) is 3.11. The van der Waals surface area contributed by atoms with Gasteiger partial charge in [0.15, 0.2) is 0 Å². The number of piperazine rings is 1. The van der Waals surface area contributed by atoms with Crippen LogP contribution < -0.4 is 4.74 Å². The molecule has 3 aliphatic heterocycles. The molecule has 1 aromatic carbocycles. The van der Waals surface area contributed by atoms with Crippen molar-refractivity contribution in [2.45, 2.75) is 37.8 Å². The van der Waals surface area contributed by atoms with Gasteiger partial charge in [-0.2, -0.15) is 0 Å². The summed E-state index contributed by atoms with van der Waals surface area (Å²) in [6.07, 6.45) is 4.89. The maximum absolute atomic E-state index is 11.1. The van der Waals surface area contributed by atoms with Gasteiger partial charge in [-0.05, 0) is 57.1 Å². The summed E-state index contributed by atoms with van der Waals surface area (Å²) in [5.41, 5.74) is 0.702. The second-order valence-electron chi connectivity index (χ2n) is 9.66. The summed E-state index contributed by atoms with van der Waals surface area (Å²) >= 11 is 0. The molecule has 4 rings (SSSR count). The summed E-state index contributed by atoms with van der Waals surface area (Å²) in [5, 5.41) is 11.1. The second kappa shape index (κ2) is 10.4. The standard InChI is InChI=1S/C24H40N4O2/c1-25-12-14-27(15-13-25)20-24(29)8-11-28(21-24)19-22-6-5-7-23(18-22)30-17-16-26-9-3-2-4-10-26/h5-7,18,29H,2-4,8-17,19-21H2,1H3/t24-/m1/s1.